The zero-order valence-corrected chi connectivity index (χ0v) is 20.2. The Balaban J connectivity index is 1.39. The second-order valence-electron chi connectivity index (χ2n) is 9.17. The maximum absolute atomic E-state index is 14.0. The average Bonchev–Trinajstić information content (AvgIpc) is 3.48. The molecular formula is C28H25FN8. The molecule has 6 rings (SSSR count). The monoisotopic (exact) mass is 492 g/mol. The molecule has 1 aliphatic rings. The minimum atomic E-state index is -0.289. The predicted octanol–water partition coefficient (Wildman–Crippen LogP) is 4.62. The molecule has 0 aliphatic carbocycles. The molecule has 1 saturated heterocycles. The van der Waals surface area contributed by atoms with Gasteiger partial charge in [0.05, 0.1) is 29.5 Å². The lowest BCUT2D eigenvalue weighted by atomic mass is 9.97. The number of aromatic amines is 2. The van der Waals surface area contributed by atoms with E-state index in [1.807, 2.05) is 31.2 Å². The first-order valence-corrected chi connectivity index (χ1v) is 12.0. The van der Waals surface area contributed by atoms with Crippen molar-refractivity contribution in [2.45, 2.75) is 13.0 Å². The number of H-pyrrole nitrogens is 2. The van der Waals surface area contributed by atoms with Crippen molar-refractivity contribution in [3.05, 3.63) is 96.4 Å². The summed E-state index contributed by atoms with van der Waals surface area (Å²) >= 11 is 0. The zero-order valence-electron chi connectivity index (χ0n) is 20.2. The molecule has 184 valence electrons. The van der Waals surface area contributed by atoms with Crippen LogP contribution < -0.4 is 10.6 Å². The van der Waals surface area contributed by atoms with E-state index < -0.39 is 0 Å². The Hall–Kier alpha value is -4.63. The van der Waals surface area contributed by atoms with Gasteiger partial charge in [0.1, 0.15) is 11.6 Å². The molecule has 0 atom stereocenters. The van der Waals surface area contributed by atoms with Crippen LogP contribution in [-0.4, -0.2) is 49.3 Å². The van der Waals surface area contributed by atoms with Crippen LogP contribution in [0.2, 0.25) is 0 Å². The molecule has 0 radical (unpaired) electrons. The minimum Gasteiger partial charge on any atom is -0.357 e. The van der Waals surface area contributed by atoms with Crippen molar-refractivity contribution >= 4 is 22.4 Å². The highest BCUT2D eigenvalue weighted by Gasteiger charge is 2.25. The molecule has 1 aliphatic heterocycles. The minimum absolute atomic E-state index is 0.175. The fourth-order valence-electron chi connectivity index (χ4n) is 4.68. The molecule has 8 nitrogen and oxygen atoms in total. The number of aryl methyl sites for hydroxylation is 1. The van der Waals surface area contributed by atoms with E-state index in [-0.39, 0.29) is 11.9 Å². The Labute approximate surface area is 212 Å². The van der Waals surface area contributed by atoms with Crippen LogP contribution in [0.15, 0.2) is 73.7 Å². The quantitative estimate of drug-likeness (QED) is 0.298. The van der Waals surface area contributed by atoms with Gasteiger partial charge in [-0.15, -0.1) is 0 Å². The van der Waals surface area contributed by atoms with Gasteiger partial charge in [-0.25, -0.2) is 14.4 Å². The van der Waals surface area contributed by atoms with Crippen LogP contribution in [0.25, 0.3) is 39.3 Å². The highest BCUT2D eigenvalue weighted by molar-refractivity contribution is 5.94. The molecule has 9 heteroatoms. The number of hydrogen-bond donors (Lipinski definition) is 3. The van der Waals surface area contributed by atoms with Gasteiger partial charge in [-0.1, -0.05) is 30.9 Å². The Morgan fingerprint density at radius 3 is 2.84 bits per heavy atom. The van der Waals surface area contributed by atoms with Crippen LogP contribution in [-0.2, 0) is 0 Å². The van der Waals surface area contributed by atoms with Crippen LogP contribution in [0.3, 0.4) is 0 Å². The fraction of sp³-hybridized carbons (Fsp3) is 0.143. The number of rotatable bonds is 6. The molecule has 4 aromatic heterocycles. The molecular weight excluding hydrogens is 467 g/mol. The Morgan fingerprint density at radius 1 is 1.19 bits per heavy atom. The molecule has 37 heavy (non-hydrogen) atoms. The number of pyridine rings is 1. The Kier molecular flexibility index (Phi) is 5.61. The topological polar surface area (TPSA) is 112 Å². The largest absolute Gasteiger partial charge is 0.357 e. The third-order valence-corrected chi connectivity index (χ3v) is 6.56. The van der Waals surface area contributed by atoms with E-state index >= 15 is 0 Å². The van der Waals surface area contributed by atoms with Gasteiger partial charge in [0, 0.05) is 47.5 Å². The molecule has 0 amide bonds. The summed E-state index contributed by atoms with van der Waals surface area (Å²) in [5.41, 5.74) is 13.2. The highest BCUT2D eigenvalue weighted by atomic mass is 19.1. The Morgan fingerprint density at radius 2 is 2.05 bits per heavy atom. The zero-order chi connectivity index (χ0) is 25.5. The van der Waals surface area contributed by atoms with Gasteiger partial charge in [0.15, 0.2) is 5.65 Å². The van der Waals surface area contributed by atoms with Gasteiger partial charge in [-0.05, 0) is 42.3 Å². The van der Waals surface area contributed by atoms with Crippen LogP contribution in [0.1, 0.15) is 16.8 Å². The number of aromatic nitrogens is 6. The lowest BCUT2D eigenvalue weighted by Gasteiger charge is -2.37. The summed E-state index contributed by atoms with van der Waals surface area (Å²) in [6.45, 7) is 7.37. The van der Waals surface area contributed by atoms with Crippen molar-refractivity contribution in [3.8, 4) is 22.6 Å². The van der Waals surface area contributed by atoms with Gasteiger partial charge in [-0.2, -0.15) is 5.10 Å². The molecule has 1 fully saturated rings. The van der Waals surface area contributed by atoms with Gasteiger partial charge in [-0.3, -0.25) is 10.1 Å². The molecule has 5 aromatic rings. The maximum atomic E-state index is 14.0. The van der Waals surface area contributed by atoms with E-state index in [4.69, 9.17) is 10.7 Å². The van der Waals surface area contributed by atoms with Crippen LogP contribution in [0, 0.1) is 12.7 Å². The third kappa shape index (κ3) is 4.19. The number of anilines is 1. The summed E-state index contributed by atoms with van der Waals surface area (Å²) in [4.78, 5) is 19.3. The summed E-state index contributed by atoms with van der Waals surface area (Å²) in [6.07, 6.45) is 8.82. The first-order valence-electron chi connectivity index (χ1n) is 12.0. The number of halogens is 1. The number of nitrogens with two attached hydrogens (primary N) is 1. The first kappa shape index (κ1) is 22.8. The molecule has 0 spiro atoms. The first-order chi connectivity index (χ1) is 18.0. The number of nitrogens with zero attached hydrogens (tertiary/aromatic N) is 5. The second kappa shape index (κ2) is 9.11. The third-order valence-electron chi connectivity index (χ3n) is 6.56. The molecule has 0 bridgehead atoms. The number of nitrogens with one attached hydrogen (secondary N) is 2. The second-order valence-corrected chi connectivity index (χ2v) is 9.17. The molecule has 4 N–H and O–H groups in total. The Bertz CT molecular complexity index is 1660. The predicted molar refractivity (Wildman–Crippen MR) is 143 cm³/mol. The van der Waals surface area contributed by atoms with E-state index in [0.717, 1.165) is 69.3 Å². The lowest BCUT2D eigenvalue weighted by Crippen LogP contribution is -2.56. The van der Waals surface area contributed by atoms with E-state index in [0.29, 0.717) is 5.65 Å². The van der Waals surface area contributed by atoms with E-state index in [2.05, 4.69) is 36.6 Å². The highest BCUT2D eigenvalue weighted by Crippen LogP contribution is 2.34. The van der Waals surface area contributed by atoms with Crippen molar-refractivity contribution in [3.63, 3.8) is 0 Å². The van der Waals surface area contributed by atoms with Crippen molar-refractivity contribution in [2.75, 3.05) is 18.0 Å². The molecule has 0 unspecified atom stereocenters. The van der Waals surface area contributed by atoms with Crippen LogP contribution >= 0.6 is 0 Å². The number of allylic oxidation sites excluding steroid dienone is 2. The standard InChI is InChI=1S/C28H25FN8/c1-3-5-21(17-6-4-7-19(29)8-17)22-10-24(33-16(22)2)27-23-9-18(11-32-28(23)36-35-27)25-12-31-13-26(34-25)37-14-20(30)15-37/h3-13,20,33H,1,14-15,30H2,2H3,(H,32,35,36)/b21-5-. The van der Waals surface area contributed by atoms with Crippen molar-refractivity contribution in [1.82, 2.24) is 30.1 Å². The van der Waals surface area contributed by atoms with Crippen LogP contribution in [0.4, 0.5) is 10.2 Å². The molecule has 1 aromatic carbocycles. The van der Waals surface area contributed by atoms with Gasteiger partial charge < -0.3 is 15.6 Å². The molecule has 0 saturated carbocycles. The lowest BCUT2D eigenvalue weighted by molar-refractivity contribution is 0.514. The number of fused-ring (bicyclic) bond motifs is 1. The van der Waals surface area contributed by atoms with Gasteiger partial charge in [0.2, 0.25) is 0 Å². The summed E-state index contributed by atoms with van der Waals surface area (Å²) < 4.78 is 14.0. The maximum Gasteiger partial charge on any atom is 0.181 e. The summed E-state index contributed by atoms with van der Waals surface area (Å²) in [5, 5.41) is 8.37. The van der Waals surface area contributed by atoms with Gasteiger partial charge in [0.25, 0.3) is 0 Å². The van der Waals surface area contributed by atoms with Crippen molar-refractivity contribution < 1.29 is 4.39 Å². The van der Waals surface area contributed by atoms with Crippen molar-refractivity contribution in [2.24, 2.45) is 5.73 Å². The SMILES string of the molecule is C=C/C=C(/c1cccc(F)c1)c1cc(-c2[nH]nc3ncc(-c4cncc(N5CC(N)C5)n4)cc23)[nH]c1C. The number of benzene rings is 1. The van der Waals surface area contributed by atoms with Crippen molar-refractivity contribution in [1.29, 1.82) is 0 Å². The van der Waals surface area contributed by atoms with E-state index in [9.17, 15) is 4.39 Å². The summed E-state index contributed by atoms with van der Waals surface area (Å²) in [7, 11) is 0. The normalized spacial score (nSPS) is 14.2. The number of hydrogen-bond acceptors (Lipinski definition) is 6. The molecule has 5 heterocycles. The fourth-order valence-corrected chi connectivity index (χ4v) is 4.68. The van der Waals surface area contributed by atoms with E-state index in [1.165, 1.54) is 12.1 Å². The smallest absolute Gasteiger partial charge is 0.181 e. The van der Waals surface area contributed by atoms with E-state index in [1.54, 1.807) is 30.7 Å². The van der Waals surface area contributed by atoms with Gasteiger partial charge >= 0.3 is 0 Å². The average molecular weight is 493 g/mol. The van der Waals surface area contributed by atoms with Crippen LogP contribution in [0.5, 0.6) is 0 Å². The summed E-state index contributed by atoms with van der Waals surface area (Å²) in [5.74, 6) is 0.512. The summed E-state index contributed by atoms with van der Waals surface area (Å²) in [6, 6.07) is 10.8.